The van der Waals surface area contributed by atoms with Crippen LogP contribution in [0.15, 0.2) is 364 Å². The van der Waals surface area contributed by atoms with Crippen LogP contribution in [0.4, 0.5) is 0 Å². The Morgan fingerprint density at radius 1 is 0.151 bits per heavy atom. The van der Waals surface area contributed by atoms with E-state index in [1.54, 1.807) is 0 Å². The van der Waals surface area contributed by atoms with Crippen LogP contribution in [0, 0.1) is 0 Å². The summed E-state index contributed by atoms with van der Waals surface area (Å²) in [6.45, 7) is 0. The molecule has 6 nitrogen and oxygen atoms in total. The van der Waals surface area contributed by atoms with Crippen molar-refractivity contribution in [2.75, 3.05) is 0 Å². The maximum atomic E-state index is 5.46. The van der Waals surface area contributed by atoms with Crippen molar-refractivity contribution in [2.45, 2.75) is 10.8 Å². The summed E-state index contributed by atoms with van der Waals surface area (Å²) in [6.07, 6.45) is 0. The van der Waals surface area contributed by atoms with Crippen molar-refractivity contribution in [3.05, 3.63) is 408 Å². The summed E-state index contributed by atoms with van der Waals surface area (Å²) in [4.78, 5) is 32.1. The van der Waals surface area contributed by atoms with Crippen LogP contribution in [-0.4, -0.2) is 29.9 Å². The molecule has 4 aliphatic carbocycles. The summed E-state index contributed by atoms with van der Waals surface area (Å²) in [5.74, 6) is 3.66. The number of hydrogen-bond donors (Lipinski definition) is 0. The molecule has 4 aliphatic rings. The minimum atomic E-state index is -0.646. The molecule has 0 fully saturated rings. The SMILES string of the molecule is c1ccc(-c2nc(-c3ccccc3-c3ccc4c(c3)C3(c5ccccc5-4)c4ccccc4-c4c(-c5ccc(-c6nc(-c7cccc(-c8cccc9c8-c8ccccc8C98c9ccccc9-c9ccccc98)c7)nc(-c7ccc8ccccc8c7)n6)cc5)cccc43)nc(-c3cccc4ccccc34)n2)cc1. The highest BCUT2D eigenvalue weighted by Crippen LogP contribution is 2.66. The Labute approximate surface area is 613 Å². The average molecular weight is 1350 g/mol. The number of nitrogens with zero attached hydrogens (tertiary/aromatic N) is 6. The Morgan fingerprint density at radius 2 is 0.491 bits per heavy atom. The van der Waals surface area contributed by atoms with Gasteiger partial charge in [0.25, 0.3) is 0 Å². The molecule has 0 aliphatic heterocycles. The van der Waals surface area contributed by atoms with Crippen LogP contribution in [0.2, 0.25) is 0 Å². The Kier molecular flexibility index (Phi) is 13.1. The molecule has 0 N–H and O–H groups in total. The van der Waals surface area contributed by atoms with Gasteiger partial charge in [0.15, 0.2) is 34.9 Å². The fourth-order valence-electron chi connectivity index (χ4n) is 18.4. The van der Waals surface area contributed by atoms with Crippen LogP contribution in [-0.2, 0) is 10.8 Å². The summed E-state index contributed by atoms with van der Waals surface area (Å²) >= 11 is 0. The van der Waals surface area contributed by atoms with Crippen molar-refractivity contribution in [3.8, 4) is 146 Å². The molecule has 0 radical (unpaired) electrons. The molecule has 490 valence electrons. The van der Waals surface area contributed by atoms with Crippen LogP contribution in [0.25, 0.3) is 168 Å². The molecule has 22 rings (SSSR count). The Bertz CT molecular complexity index is 6680. The summed E-state index contributed by atoms with van der Waals surface area (Å²) in [5, 5.41) is 4.49. The quantitative estimate of drug-likeness (QED) is 0.143. The van der Waals surface area contributed by atoms with Crippen molar-refractivity contribution in [1.29, 1.82) is 0 Å². The largest absolute Gasteiger partial charge is 0.208 e. The first-order valence-electron chi connectivity index (χ1n) is 36.3. The molecule has 1 atom stereocenters. The summed E-state index contributed by atoms with van der Waals surface area (Å²) in [7, 11) is 0. The third-order valence-electron chi connectivity index (χ3n) is 22.8. The molecule has 0 saturated carbocycles. The van der Waals surface area contributed by atoms with Gasteiger partial charge in [0, 0.05) is 33.4 Å². The van der Waals surface area contributed by atoms with Gasteiger partial charge in [0.2, 0.25) is 0 Å². The lowest BCUT2D eigenvalue weighted by molar-refractivity contribution is 0.794. The fraction of sp³-hybridized carbons (Fsp3) is 0.0200. The normalized spacial score (nSPS) is 14.2. The second-order valence-corrected chi connectivity index (χ2v) is 28.2. The number of aromatic nitrogens is 6. The highest BCUT2D eigenvalue weighted by molar-refractivity contribution is 6.04. The molecule has 18 aromatic rings. The second kappa shape index (κ2) is 23.3. The third-order valence-corrected chi connectivity index (χ3v) is 22.8. The van der Waals surface area contributed by atoms with Crippen LogP contribution in [0.5, 0.6) is 0 Å². The predicted molar refractivity (Wildman–Crippen MR) is 430 cm³/mol. The minimum absolute atomic E-state index is 0.458. The zero-order chi connectivity index (χ0) is 69.6. The molecule has 0 bridgehead atoms. The van der Waals surface area contributed by atoms with E-state index in [-0.39, 0.29) is 0 Å². The van der Waals surface area contributed by atoms with Gasteiger partial charge < -0.3 is 0 Å². The van der Waals surface area contributed by atoms with Gasteiger partial charge in [-0.05, 0) is 162 Å². The van der Waals surface area contributed by atoms with E-state index < -0.39 is 10.8 Å². The van der Waals surface area contributed by atoms with Crippen LogP contribution < -0.4 is 0 Å². The molecule has 2 spiro atoms. The van der Waals surface area contributed by atoms with Crippen molar-refractivity contribution in [2.24, 2.45) is 0 Å². The Morgan fingerprint density at radius 3 is 1.12 bits per heavy atom. The van der Waals surface area contributed by atoms with Gasteiger partial charge in [-0.25, -0.2) is 29.9 Å². The van der Waals surface area contributed by atoms with Crippen molar-refractivity contribution >= 4 is 21.5 Å². The second-order valence-electron chi connectivity index (χ2n) is 28.2. The average Bonchev–Trinajstić information content (AvgIpc) is 1.51. The maximum Gasteiger partial charge on any atom is 0.164 e. The van der Waals surface area contributed by atoms with Gasteiger partial charge in [0.05, 0.1) is 10.8 Å². The van der Waals surface area contributed by atoms with Crippen LogP contribution >= 0.6 is 0 Å². The van der Waals surface area contributed by atoms with E-state index in [0.717, 1.165) is 82.7 Å². The van der Waals surface area contributed by atoms with Gasteiger partial charge in [-0.3, -0.25) is 0 Å². The highest BCUT2D eigenvalue weighted by atomic mass is 15.0. The molecule has 0 saturated heterocycles. The lowest BCUT2D eigenvalue weighted by Gasteiger charge is -2.31. The molecule has 0 amide bonds. The van der Waals surface area contributed by atoms with E-state index in [9.17, 15) is 0 Å². The Balaban J connectivity index is 0.662. The summed E-state index contributed by atoms with van der Waals surface area (Å²) in [5.41, 5.74) is 31.3. The highest BCUT2D eigenvalue weighted by Gasteiger charge is 2.54. The van der Waals surface area contributed by atoms with E-state index in [4.69, 9.17) is 29.9 Å². The Hall–Kier alpha value is -13.9. The fourth-order valence-corrected chi connectivity index (χ4v) is 18.4. The van der Waals surface area contributed by atoms with Gasteiger partial charge in [-0.15, -0.1) is 0 Å². The first kappa shape index (κ1) is 59.7. The lowest BCUT2D eigenvalue weighted by atomic mass is 9.70. The number of hydrogen-bond acceptors (Lipinski definition) is 6. The molecule has 16 aromatic carbocycles. The van der Waals surface area contributed by atoms with E-state index in [2.05, 4.69) is 346 Å². The van der Waals surface area contributed by atoms with E-state index >= 15 is 0 Å². The van der Waals surface area contributed by atoms with Gasteiger partial charge >= 0.3 is 0 Å². The van der Waals surface area contributed by atoms with Gasteiger partial charge in [-0.2, -0.15) is 0 Å². The molecular formula is C100H60N6. The number of benzene rings is 16. The predicted octanol–water partition coefficient (Wildman–Crippen LogP) is 24.1. The molecule has 6 heteroatoms. The van der Waals surface area contributed by atoms with Crippen LogP contribution in [0.1, 0.15) is 44.5 Å². The maximum absolute atomic E-state index is 5.46. The van der Waals surface area contributed by atoms with E-state index in [1.165, 1.54) is 94.6 Å². The van der Waals surface area contributed by atoms with E-state index in [1.807, 2.05) is 18.2 Å². The van der Waals surface area contributed by atoms with Crippen molar-refractivity contribution < 1.29 is 0 Å². The molecule has 2 heterocycles. The topological polar surface area (TPSA) is 77.3 Å². The first-order chi connectivity index (χ1) is 52.5. The first-order valence-corrected chi connectivity index (χ1v) is 36.3. The lowest BCUT2D eigenvalue weighted by Crippen LogP contribution is -2.25. The number of rotatable bonds is 9. The molecule has 106 heavy (non-hydrogen) atoms. The molecular weight excluding hydrogens is 1290 g/mol. The molecule has 2 aromatic heterocycles. The zero-order valence-corrected chi connectivity index (χ0v) is 57.3. The third kappa shape index (κ3) is 8.73. The minimum Gasteiger partial charge on any atom is -0.208 e. The zero-order valence-electron chi connectivity index (χ0n) is 57.3. The van der Waals surface area contributed by atoms with E-state index in [0.29, 0.717) is 34.9 Å². The van der Waals surface area contributed by atoms with Crippen molar-refractivity contribution in [3.63, 3.8) is 0 Å². The van der Waals surface area contributed by atoms with Crippen LogP contribution in [0.3, 0.4) is 0 Å². The number of fused-ring (bicyclic) bond motifs is 22. The van der Waals surface area contributed by atoms with Gasteiger partial charge in [-0.1, -0.05) is 346 Å². The molecule has 1 unspecified atom stereocenters. The standard InChI is InChI=1S/C100H60N6/c1-2-26-64(27-3-1)93-104-97(106-98(105-93)80-42-21-29-62-25-6-7-32-71(62)80)79-37-9-8-33-72(79)68-56-57-78-77-36-12-17-45-85(77)100(90(78)60-68)87-47-19-14-39-82(87)91-73(40-22-49-89(91)100)63-51-53-65(54-52-63)94-101-95(103-96(102-94)70-55-50-61-24-4-5-28-66(61)58-70)69-31-20-30-67(59-69)74-41-23-48-88-92(74)81-38-13-18-46-86(81)99(88)83-43-15-10-34-75(83)76-35-11-16-44-84(76)99/h1-60H. The monoisotopic (exact) mass is 1340 g/mol. The summed E-state index contributed by atoms with van der Waals surface area (Å²) in [6, 6.07) is 132. The smallest absolute Gasteiger partial charge is 0.164 e. The van der Waals surface area contributed by atoms with Crippen molar-refractivity contribution in [1.82, 2.24) is 29.9 Å². The summed E-state index contributed by atoms with van der Waals surface area (Å²) < 4.78 is 0. The van der Waals surface area contributed by atoms with Gasteiger partial charge in [0.1, 0.15) is 0 Å².